The molecule has 3 rings (SSSR count). The summed E-state index contributed by atoms with van der Waals surface area (Å²) in [6, 6.07) is 13.4. The van der Waals surface area contributed by atoms with Crippen LogP contribution >= 0.6 is 23.8 Å². The molecule has 0 aromatic heterocycles. The number of anilines is 1. The predicted molar refractivity (Wildman–Crippen MR) is 109 cm³/mol. The average molecular weight is 416 g/mol. The van der Waals surface area contributed by atoms with E-state index in [9.17, 15) is 14.4 Å². The number of ether oxygens (including phenoxy) is 1. The fourth-order valence-electron chi connectivity index (χ4n) is 2.51. The van der Waals surface area contributed by atoms with Gasteiger partial charge in [-0.2, -0.15) is 0 Å². The highest BCUT2D eigenvalue weighted by molar-refractivity contribution is 7.80. The summed E-state index contributed by atoms with van der Waals surface area (Å²) in [7, 11) is 0. The maximum absolute atomic E-state index is 12.9. The van der Waals surface area contributed by atoms with E-state index < -0.39 is 17.7 Å². The maximum Gasteiger partial charge on any atom is 0.270 e. The van der Waals surface area contributed by atoms with Crippen LogP contribution in [0.3, 0.4) is 0 Å². The van der Waals surface area contributed by atoms with Crippen LogP contribution in [0.15, 0.2) is 54.1 Å². The van der Waals surface area contributed by atoms with Gasteiger partial charge in [-0.3, -0.25) is 24.6 Å². The molecule has 0 spiro atoms. The molecule has 1 aliphatic rings. The number of carbonyl (C=O) groups excluding carboxylic acids is 3. The molecule has 2 aromatic carbocycles. The van der Waals surface area contributed by atoms with E-state index in [4.69, 9.17) is 34.3 Å². The first-order valence-electron chi connectivity index (χ1n) is 8.04. The minimum Gasteiger partial charge on any atom is -0.482 e. The largest absolute Gasteiger partial charge is 0.482 e. The number of nitrogens with zero attached hydrogens (tertiary/aromatic N) is 1. The van der Waals surface area contributed by atoms with Crippen molar-refractivity contribution in [3.63, 3.8) is 0 Å². The molecule has 7 nitrogen and oxygen atoms in total. The van der Waals surface area contributed by atoms with Crippen LogP contribution in [-0.4, -0.2) is 29.4 Å². The Balaban J connectivity index is 1.91. The van der Waals surface area contributed by atoms with Crippen LogP contribution < -0.4 is 20.7 Å². The first-order chi connectivity index (χ1) is 13.4. The molecule has 0 atom stereocenters. The van der Waals surface area contributed by atoms with E-state index >= 15 is 0 Å². The van der Waals surface area contributed by atoms with Crippen molar-refractivity contribution < 1.29 is 19.1 Å². The SMILES string of the molecule is NC(=O)COc1ccc(/C=C2/C(=O)NC(=S)N(c3ccccc3)C2=O)cc1Cl. The summed E-state index contributed by atoms with van der Waals surface area (Å²) in [4.78, 5) is 37.2. The molecule has 3 N–H and O–H groups in total. The first kappa shape index (κ1) is 19.5. The standard InChI is InChI=1S/C19H14ClN3O4S/c20-14-9-11(6-7-15(14)27-10-16(21)24)8-13-17(25)22-19(28)23(18(13)26)12-4-2-1-3-5-12/h1-9H,10H2,(H2,21,24)(H,22,25,28)/b13-8-. The van der Waals surface area contributed by atoms with Gasteiger partial charge in [-0.15, -0.1) is 0 Å². The van der Waals surface area contributed by atoms with Gasteiger partial charge in [0, 0.05) is 0 Å². The molecule has 0 saturated carbocycles. The number of nitrogens with one attached hydrogen (secondary N) is 1. The lowest BCUT2D eigenvalue weighted by molar-refractivity contribution is -0.122. The lowest BCUT2D eigenvalue weighted by Gasteiger charge is -2.28. The van der Waals surface area contributed by atoms with Gasteiger partial charge < -0.3 is 10.5 Å². The van der Waals surface area contributed by atoms with Crippen LogP contribution in [0.25, 0.3) is 6.08 Å². The summed E-state index contributed by atoms with van der Waals surface area (Å²) in [6.07, 6.45) is 1.40. The lowest BCUT2D eigenvalue weighted by Crippen LogP contribution is -2.54. The number of nitrogens with two attached hydrogens (primary N) is 1. The number of primary amides is 1. The maximum atomic E-state index is 12.9. The molecule has 142 valence electrons. The number of benzene rings is 2. The quantitative estimate of drug-likeness (QED) is 0.442. The Morgan fingerprint density at radius 1 is 1.21 bits per heavy atom. The number of carbonyl (C=O) groups is 3. The fraction of sp³-hybridized carbons (Fsp3) is 0.0526. The van der Waals surface area contributed by atoms with E-state index in [-0.39, 0.29) is 28.1 Å². The minimum atomic E-state index is -0.635. The number of rotatable bonds is 5. The van der Waals surface area contributed by atoms with Crippen molar-refractivity contribution in [2.75, 3.05) is 11.5 Å². The Bertz CT molecular complexity index is 1010. The second-order valence-corrected chi connectivity index (χ2v) is 6.53. The normalized spacial score (nSPS) is 15.5. The van der Waals surface area contributed by atoms with Gasteiger partial charge in [0.15, 0.2) is 11.7 Å². The molecule has 2 aromatic rings. The van der Waals surface area contributed by atoms with Crippen LogP contribution in [0.5, 0.6) is 5.75 Å². The third-order valence-electron chi connectivity index (χ3n) is 3.75. The first-order valence-corrected chi connectivity index (χ1v) is 8.82. The number of amides is 3. The van der Waals surface area contributed by atoms with Gasteiger partial charge in [-0.05, 0) is 48.1 Å². The van der Waals surface area contributed by atoms with Gasteiger partial charge in [-0.25, -0.2) is 0 Å². The minimum absolute atomic E-state index is 0.00609. The van der Waals surface area contributed by atoms with Gasteiger partial charge in [0.2, 0.25) is 0 Å². The summed E-state index contributed by atoms with van der Waals surface area (Å²) < 4.78 is 5.18. The molecule has 0 radical (unpaired) electrons. The second-order valence-electron chi connectivity index (χ2n) is 5.74. The highest BCUT2D eigenvalue weighted by atomic mass is 35.5. The third-order valence-corrected chi connectivity index (χ3v) is 4.33. The molecule has 9 heteroatoms. The van der Waals surface area contributed by atoms with Gasteiger partial charge >= 0.3 is 0 Å². The average Bonchev–Trinajstić information content (AvgIpc) is 2.65. The molecule has 0 unspecified atom stereocenters. The Labute approximate surface area is 170 Å². The van der Waals surface area contributed by atoms with Gasteiger partial charge in [0.1, 0.15) is 11.3 Å². The smallest absolute Gasteiger partial charge is 0.270 e. The Morgan fingerprint density at radius 3 is 2.57 bits per heavy atom. The zero-order valence-corrected chi connectivity index (χ0v) is 15.9. The third kappa shape index (κ3) is 4.19. The van der Waals surface area contributed by atoms with Crippen LogP contribution in [0.1, 0.15) is 5.56 Å². The van der Waals surface area contributed by atoms with Gasteiger partial charge in [-0.1, -0.05) is 35.9 Å². The number of halogens is 1. The van der Waals surface area contributed by atoms with Crippen LogP contribution in [0.2, 0.25) is 5.02 Å². The highest BCUT2D eigenvalue weighted by Gasteiger charge is 2.34. The van der Waals surface area contributed by atoms with E-state index in [1.54, 1.807) is 36.4 Å². The van der Waals surface area contributed by atoms with Crippen molar-refractivity contribution in [1.29, 1.82) is 0 Å². The van der Waals surface area contributed by atoms with Crippen LogP contribution in [0, 0.1) is 0 Å². The van der Waals surface area contributed by atoms with E-state index in [1.165, 1.54) is 23.1 Å². The number of para-hydroxylation sites is 1. The fourth-order valence-corrected chi connectivity index (χ4v) is 3.03. The zero-order valence-electron chi connectivity index (χ0n) is 14.3. The lowest BCUT2D eigenvalue weighted by atomic mass is 10.1. The van der Waals surface area contributed by atoms with Crippen molar-refractivity contribution >= 4 is 58.4 Å². The van der Waals surface area contributed by atoms with E-state index in [1.807, 2.05) is 0 Å². The summed E-state index contributed by atoms with van der Waals surface area (Å²) >= 11 is 11.3. The number of hydrogen-bond donors (Lipinski definition) is 2. The number of thiocarbonyl (C=S) groups is 1. The molecule has 1 heterocycles. The van der Waals surface area contributed by atoms with Gasteiger partial charge in [0.25, 0.3) is 17.7 Å². The van der Waals surface area contributed by atoms with E-state index in [0.717, 1.165) is 0 Å². The highest BCUT2D eigenvalue weighted by Crippen LogP contribution is 2.27. The molecule has 0 aliphatic carbocycles. The Morgan fingerprint density at radius 2 is 1.93 bits per heavy atom. The van der Waals surface area contributed by atoms with Crippen molar-refractivity contribution in [3.05, 3.63) is 64.7 Å². The monoisotopic (exact) mass is 415 g/mol. The Kier molecular flexibility index (Phi) is 5.72. The van der Waals surface area contributed by atoms with Crippen molar-refractivity contribution in [3.8, 4) is 5.75 Å². The summed E-state index contributed by atoms with van der Waals surface area (Å²) in [6.45, 7) is -0.315. The molecular formula is C19H14ClN3O4S. The Hall–Kier alpha value is -3.23. The van der Waals surface area contributed by atoms with Crippen molar-refractivity contribution in [2.24, 2.45) is 5.73 Å². The molecule has 0 bridgehead atoms. The molecule has 3 amide bonds. The summed E-state index contributed by atoms with van der Waals surface area (Å²) in [5.74, 6) is -1.53. The second kappa shape index (κ2) is 8.20. The summed E-state index contributed by atoms with van der Waals surface area (Å²) in [5, 5.41) is 2.72. The van der Waals surface area contributed by atoms with Crippen molar-refractivity contribution in [1.82, 2.24) is 5.32 Å². The molecule has 1 saturated heterocycles. The van der Waals surface area contributed by atoms with Crippen molar-refractivity contribution in [2.45, 2.75) is 0 Å². The van der Waals surface area contributed by atoms with E-state index in [0.29, 0.717) is 11.3 Å². The summed E-state index contributed by atoms with van der Waals surface area (Å²) in [5.41, 5.74) is 5.97. The molecule has 1 fully saturated rings. The van der Waals surface area contributed by atoms with Gasteiger partial charge in [0.05, 0.1) is 10.7 Å². The molecule has 1 aliphatic heterocycles. The number of hydrogen-bond acceptors (Lipinski definition) is 5. The van der Waals surface area contributed by atoms with Crippen LogP contribution in [-0.2, 0) is 14.4 Å². The predicted octanol–water partition coefficient (Wildman–Crippen LogP) is 2.04. The van der Waals surface area contributed by atoms with Crippen LogP contribution in [0.4, 0.5) is 5.69 Å². The van der Waals surface area contributed by atoms with E-state index in [2.05, 4.69) is 5.32 Å². The molecule has 28 heavy (non-hydrogen) atoms. The topological polar surface area (TPSA) is 102 Å². The molecular weight excluding hydrogens is 402 g/mol. The zero-order chi connectivity index (χ0) is 20.3.